The number of halogens is 3. The van der Waals surface area contributed by atoms with Crippen LogP contribution in [0.15, 0.2) is 42.5 Å². The van der Waals surface area contributed by atoms with Gasteiger partial charge in [-0.05, 0) is 54.7 Å². The molecular weight excluding hydrogens is 517 g/mol. The van der Waals surface area contributed by atoms with Gasteiger partial charge in [0.1, 0.15) is 9.84 Å². The highest BCUT2D eigenvalue weighted by Gasteiger charge is 2.33. The summed E-state index contributed by atoms with van der Waals surface area (Å²) in [6.07, 6.45) is 2.32. The van der Waals surface area contributed by atoms with Crippen LogP contribution in [0.1, 0.15) is 36.3 Å². The Bertz CT molecular complexity index is 1130. The molecule has 0 saturated carbocycles. The zero-order chi connectivity index (χ0) is 25.0. The maximum absolute atomic E-state index is 13.6. The number of nitrogens with two attached hydrogens (primary N) is 1. The molecule has 10 heteroatoms. The monoisotopic (exact) mass is 545 g/mol. The number of hydrogen-bond acceptors (Lipinski definition) is 5. The molecule has 2 aromatic rings. The van der Waals surface area contributed by atoms with E-state index in [1.54, 1.807) is 30.1 Å². The first-order valence-electron chi connectivity index (χ1n) is 11.1. The Hall–Kier alpha value is -1.35. The standard InChI is InChI=1S/C24H30Cl3N3O3S/c1-29(15-16-4-3-5-18(25)12-16)24(31)20(17-6-7-21(26)22(27)13-17)9-11-30-10-8-19(14-23(30)28)34(2,32)33/h3-7,12-13,19-20,23H,8-11,14-15,28H2,1-2H3. The number of sulfone groups is 1. The molecule has 1 aliphatic heterocycles. The lowest BCUT2D eigenvalue weighted by atomic mass is 9.93. The van der Waals surface area contributed by atoms with Crippen molar-refractivity contribution in [1.29, 1.82) is 0 Å². The van der Waals surface area contributed by atoms with Crippen molar-refractivity contribution in [1.82, 2.24) is 9.80 Å². The number of likely N-dealkylation sites (tertiary alicyclic amines) is 1. The van der Waals surface area contributed by atoms with E-state index in [9.17, 15) is 13.2 Å². The van der Waals surface area contributed by atoms with Gasteiger partial charge < -0.3 is 10.6 Å². The second-order valence-electron chi connectivity index (χ2n) is 8.92. The van der Waals surface area contributed by atoms with Gasteiger partial charge in [0.15, 0.2) is 0 Å². The Morgan fingerprint density at radius 3 is 2.53 bits per heavy atom. The molecular formula is C24H30Cl3N3O3S. The van der Waals surface area contributed by atoms with Crippen LogP contribution in [0.2, 0.25) is 15.1 Å². The summed E-state index contributed by atoms with van der Waals surface area (Å²) >= 11 is 18.5. The number of hydrogen-bond donors (Lipinski definition) is 1. The molecule has 1 amide bonds. The van der Waals surface area contributed by atoms with E-state index in [1.807, 2.05) is 24.3 Å². The fourth-order valence-corrected chi connectivity index (χ4v) is 5.99. The fourth-order valence-electron chi connectivity index (χ4n) is 4.39. The second-order valence-corrected chi connectivity index (χ2v) is 12.5. The summed E-state index contributed by atoms with van der Waals surface area (Å²) in [6.45, 7) is 1.54. The van der Waals surface area contributed by atoms with Gasteiger partial charge in [-0.25, -0.2) is 8.42 Å². The van der Waals surface area contributed by atoms with Crippen LogP contribution < -0.4 is 5.73 Å². The van der Waals surface area contributed by atoms with E-state index >= 15 is 0 Å². The van der Waals surface area contributed by atoms with E-state index in [4.69, 9.17) is 40.5 Å². The van der Waals surface area contributed by atoms with E-state index in [1.165, 1.54) is 6.26 Å². The van der Waals surface area contributed by atoms with Crippen molar-refractivity contribution in [3.63, 3.8) is 0 Å². The van der Waals surface area contributed by atoms with E-state index in [2.05, 4.69) is 4.90 Å². The predicted octanol–water partition coefficient (Wildman–Crippen LogP) is 4.57. The minimum absolute atomic E-state index is 0.0574. The van der Waals surface area contributed by atoms with Crippen molar-refractivity contribution in [2.75, 3.05) is 26.4 Å². The van der Waals surface area contributed by atoms with Crippen molar-refractivity contribution < 1.29 is 13.2 Å². The van der Waals surface area contributed by atoms with Gasteiger partial charge in [-0.1, -0.05) is 53.0 Å². The smallest absolute Gasteiger partial charge is 0.230 e. The fraction of sp³-hybridized carbons (Fsp3) is 0.458. The highest BCUT2D eigenvalue weighted by atomic mass is 35.5. The molecule has 0 spiro atoms. The number of amides is 1. The molecule has 1 heterocycles. The van der Waals surface area contributed by atoms with Crippen LogP contribution in [0, 0.1) is 0 Å². The van der Waals surface area contributed by atoms with Crippen LogP contribution in [-0.2, 0) is 21.2 Å². The van der Waals surface area contributed by atoms with Crippen LogP contribution >= 0.6 is 34.8 Å². The predicted molar refractivity (Wildman–Crippen MR) is 139 cm³/mol. The topological polar surface area (TPSA) is 83.7 Å². The molecule has 2 aromatic carbocycles. The molecule has 0 radical (unpaired) electrons. The number of likely N-dealkylation sites (N-methyl/N-ethyl adjacent to an activating group) is 1. The van der Waals surface area contributed by atoms with E-state index in [0.717, 1.165) is 11.1 Å². The van der Waals surface area contributed by atoms with Gasteiger partial charge in [0.2, 0.25) is 5.91 Å². The van der Waals surface area contributed by atoms with Crippen LogP contribution in [0.4, 0.5) is 0 Å². The van der Waals surface area contributed by atoms with Gasteiger partial charge >= 0.3 is 0 Å². The van der Waals surface area contributed by atoms with Gasteiger partial charge in [-0.15, -0.1) is 0 Å². The third-order valence-electron chi connectivity index (χ3n) is 6.35. The van der Waals surface area contributed by atoms with Gasteiger partial charge in [-0.3, -0.25) is 9.69 Å². The summed E-state index contributed by atoms with van der Waals surface area (Å²) in [5, 5.41) is 1.01. The Kier molecular flexibility index (Phi) is 9.29. The SMILES string of the molecule is CN(Cc1cccc(Cl)c1)C(=O)C(CCN1CCC(S(C)(=O)=O)CC1N)c1ccc(Cl)c(Cl)c1. The van der Waals surface area contributed by atoms with E-state index in [0.29, 0.717) is 54.0 Å². The Labute approximate surface area is 216 Å². The highest BCUT2D eigenvalue weighted by molar-refractivity contribution is 7.91. The van der Waals surface area contributed by atoms with E-state index in [-0.39, 0.29) is 12.1 Å². The summed E-state index contributed by atoms with van der Waals surface area (Å²) < 4.78 is 23.9. The highest BCUT2D eigenvalue weighted by Crippen LogP contribution is 2.31. The maximum atomic E-state index is 13.6. The zero-order valence-electron chi connectivity index (χ0n) is 19.3. The summed E-state index contributed by atoms with van der Waals surface area (Å²) in [5.41, 5.74) is 8.01. The molecule has 186 valence electrons. The molecule has 6 nitrogen and oxygen atoms in total. The molecule has 1 saturated heterocycles. The number of carbonyl (C=O) groups is 1. The number of piperidine rings is 1. The quantitative estimate of drug-likeness (QED) is 0.524. The lowest BCUT2D eigenvalue weighted by Crippen LogP contribution is -2.51. The van der Waals surface area contributed by atoms with Crippen LogP contribution in [0.5, 0.6) is 0 Å². The molecule has 2 N–H and O–H groups in total. The average molecular weight is 547 g/mol. The number of benzene rings is 2. The summed E-state index contributed by atoms with van der Waals surface area (Å²) in [5.74, 6) is -0.517. The van der Waals surface area contributed by atoms with Crippen LogP contribution in [0.3, 0.4) is 0 Å². The van der Waals surface area contributed by atoms with E-state index < -0.39 is 21.0 Å². The van der Waals surface area contributed by atoms with Gasteiger partial charge in [-0.2, -0.15) is 0 Å². The Balaban J connectivity index is 1.76. The second kappa shape index (κ2) is 11.6. The third-order valence-corrected chi connectivity index (χ3v) is 8.96. The molecule has 3 rings (SSSR count). The van der Waals surface area contributed by atoms with Gasteiger partial charge in [0, 0.05) is 38.0 Å². The first kappa shape index (κ1) is 27.2. The molecule has 0 aromatic heterocycles. The minimum Gasteiger partial charge on any atom is -0.341 e. The van der Waals surface area contributed by atoms with Crippen molar-refractivity contribution in [3.8, 4) is 0 Å². The van der Waals surface area contributed by atoms with Crippen LogP contribution in [-0.4, -0.2) is 61.9 Å². The normalized spacial score (nSPS) is 20.2. The maximum Gasteiger partial charge on any atom is 0.230 e. The van der Waals surface area contributed by atoms with Crippen molar-refractivity contribution in [3.05, 3.63) is 68.7 Å². The number of rotatable bonds is 8. The molecule has 1 aliphatic rings. The average Bonchev–Trinajstić information content (AvgIpc) is 2.76. The summed E-state index contributed by atoms with van der Waals surface area (Å²) in [6, 6.07) is 12.7. The molecule has 0 bridgehead atoms. The summed E-state index contributed by atoms with van der Waals surface area (Å²) in [4.78, 5) is 17.3. The lowest BCUT2D eigenvalue weighted by molar-refractivity contribution is -0.132. The molecule has 3 atom stereocenters. The summed E-state index contributed by atoms with van der Waals surface area (Å²) in [7, 11) is -1.37. The number of carbonyl (C=O) groups excluding carboxylic acids is 1. The van der Waals surface area contributed by atoms with Crippen molar-refractivity contribution in [2.24, 2.45) is 5.73 Å². The first-order chi connectivity index (χ1) is 16.0. The van der Waals surface area contributed by atoms with Gasteiger partial charge in [0.25, 0.3) is 0 Å². The molecule has 1 fully saturated rings. The first-order valence-corrected chi connectivity index (χ1v) is 14.2. The van der Waals surface area contributed by atoms with Crippen LogP contribution in [0.25, 0.3) is 0 Å². The Morgan fingerprint density at radius 1 is 1.18 bits per heavy atom. The number of nitrogens with zero attached hydrogens (tertiary/aromatic N) is 2. The zero-order valence-corrected chi connectivity index (χ0v) is 22.3. The largest absolute Gasteiger partial charge is 0.341 e. The lowest BCUT2D eigenvalue weighted by Gasteiger charge is -2.37. The van der Waals surface area contributed by atoms with Crippen molar-refractivity contribution in [2.45, 2.75) is 43.1 Å². The molecule has 0 aliphatic carbocycles. The molecule has 3 unspecified atom stereocenters. The van der Waals surface area contributed by atoms with Gasteiger partial charge in [0.05, 0.1) is 27.4 Å². The van der Waals surface area contributed by atoms with Crippen molar-refractivity contribution >= 4 is 50.5 Å². The third kappa shape index (κ3) is 7.09. The minimum atomic E-state index is -3.13. The Morgan fingerprint density at radius 2 is 1.91 bits per heavy atom. The molecule has 34 heavy (non-hydrogen) atoms.